The number of aryl methyl sites for hydroxylation is 2. The molecule has 0 saturated heterocycles. The third-order valence-electron chi connectivity index (χ3n) is 4.02. The standard InChI is InChI=1S/C16H18N6O5S2/c1-10-9-11(2)22-15(17-10)14(18-20-22)16(23)19-28(24,25)12-7-5-6-8-13(12)29(26,27)21(3)4/h5-9H,1-4H3,(H,19,23). The smallest absolute Gasteiger partial charge is 0.266 e. The number of benzene rings is 1. The number of rotatable bonds is 5. The number of fused-ring (bicyclic) bond motifs is 1. The second-order valence-corrected chi connectivity index (χ2v) is 10.2. The van der Waals surface area contributed by atoms with Crippen molar-refractivity contribution in [1.29, 1.82) is 0 Å². The molecule has 1 aromatic carbocycles. The van der Waals surface area contributed by atoms with Gasteiger partial charge in [-0.25, -0.2) is 30.8 Å². The van der Waals surface area contributed by atoms with E-state index in [2.05, 4.69) is 15.3 Å². The van der Waals surface area contributed by atoms with E-state index in [1.807, 2.05) is 4.72 Å². The number of sulfonamides is 2. The van der Waals surface area contributed by atoms with Gasteiger partial charge in [0.2, 0.25) is 10.0 Å². The lowest BCUT2D eigenvalue weighted by Gasteiger charge is -2.15. The van der Waals surface area contributed by atoms with Crippen molar-refractivity contribution in [3.63, 3.8) is 0 Å². The summed E-state index contributed by atoms with van der Waals surface area (Å²) in [6.07, 6.45) is 0. The van der Waals surface area contributed by atoms with E-state index in [1.165, 1.54) is 30.7 Å². The van der Waals surface area contributed by atoms with Crippen LogP contribution < -0.4 is 4.72 Å². The summed E-state index contributed by atoms with van der Waals surface area (Å²) in [5.41, 5.74) is 1.04. The van der Waals surface area contributed by atoms with Crippen molar-refractivity contribution in [3.05, 3.63) is 47.4 Å². The molecule has 2 heterocycles. The molecule has 0 radical (unpaired) electrons. The summed E-state index contributed by atoms with van der Waals surface area (Å²) in [6.45, 7) is 3.44. The Morgan fingerprint density at radius 1 is 1.07 bits per heavy atom. The number of carbonyl (C=O) groups excluding carboxylic acids is 1. The number of nitrogens with one attached hydrogen (secondary N) is 1. The minimum atomic E-state index is -4.53. The number of carbonyl (C=O) groups is 1. The van der Waals surface area contributed by atoms with Crippen LogP contribution in [-0.2, 0) is 20.0 Å². The predicted molar refractivity (Wildman–Crippen MR) is 102 cm³/mol. The number of hydrogen-bond donors (Lipinski definition) is 1. The first-order chi connectivity index (χ1) is 13.4. The predicted octanol–water partition coefficient (Wildman–Crippen LogP) is 0.110. The average molecular weight is 438 g/mol. The molecular formula is C16H18N6O5S2. The minimum absolute atomic E-state index is 0.0874. The van der Waals surface area contributed by atoms with Gasteiger partial charge in [-0.15, -0.1) is 5.10 Å². The van der Waals surface area contributed by atoms with Gasteiger partial charge in [0.15, 0.2) is 11.3 Å². The fourth-order valence-corrected chi connectivity index (χ4v) is 5.28. The zero-order valence-electron chi connectivity index (χ0n) is 16.0. The zero-order chi connectivity index (χ0) is 21.6. The van der Waals surface area contributed by atoms with Crippen LogP contribution in [0.4, 0.5) is 0 Å². The highest BCUT2D eigenvalue weighted by atomic mass is 32.2. The topological polar surface area (TPSA) is 144 Å². The number of aromatic nitrogens is 4. The summed E-state index contributed by atoms with van der Waals surface area (Å²) in [4.78, 5) is 15.8. The van der Waals surface area contributed by atoms with Gasteiger partial charge in [0.1, 0.15) is 9.79 Å². The first-order valence-corrected chi connectivity index (χ1v) is 11.2. The number of hydrogen-bond acceptors (Lipinski definition) is 8. The van der Waals surface area contributed by atoms with Crippen LogP contribution in [0.15, 0.2) is 40.1 Å². The van der Waals surface area contributed by atoms with Gasteiger partial charge in [-0.3, -0.25) is 4.79 Å². The highest BCUT2D eigenvalue weighted by molar-refractivity contribution is 7.92. The molecule has 0 aliphatic carbocycles. The van der Waals surface area contributed by atoms with Gasteiger partial charge < -0.3 is 0 Å². The number of nitrogens with zero attached hydrogens (tertiary/aromatic N) is 5. The normalized spacial score (nSPS) is 12.4. The van der Waals surface area contributed by atoms with Gasteiger partial charge in [-0.05, 0) is 32.0 Å². The molecule has 3 aromatic rings. The lowest BCUT2D eigenvalue weighted by molar-refractivity contribution is 0.0978. The fourth-order valence-electron chi connectivity index (χ4n) is 2.63. The van der Waals surface area contributed by atoms with Crippen LogP contribution >= 0.6 is 0 Å². The number of amides is 1. The van der Waals surface area contributed by atoms with Crippen LogP contribution in [0.25, 0.3) is 5.65 Å². The fraction of sp³-hybridized carbons (Fsp3) is 0.250. The molecule has 13 heteroatoms. The van der Waals surface area contributed by atoms with Crippen LogP contribution in [0.1, 0.15) is 21.9 Å². The molecule has 0 bridgehead atoms. The van der Waals surface area contributed by atoms with Crippen molar-refractivity contribution in [2.75, 3.05) is 14.1 Å². The van der Waals surface area contributed by atoms with Crippen molar-refractivity contribution in [3.8, 4) is 0 Å². The maximum atomic E-state index is 12.8. The first-order valence-electron chi connectivity index (χ1n) is 8.23. The molecule has 0 unspecified atom stereocenters. The molecule has 0 saturated carbocycles. The second kappa shape index (κ2) is 7.17. The van der Waals surface area contributed by atoms with Crippen molar-refractivity contribution in [2.24, 2.45) is 0 Å². The van der Waals surface area contributed by atoms with E-state index >= 15 is 0 Å². The van der Waals surface area contributed by atoms with Crippen LogP contribution in [0.2, 0.25) is 0 Å². The van der Waals surface area contributed by atoms with E-state index in [-0.39, 0.29) is 11.3 Å². The van der Waals surface area contributed by atoms with E-state index in [4.69, 9.17) is 0 Å². The Balaban J connectivity index is 2.05. The minimum Gasteiger partial charge on any atom is -0.266 e. The van der Waals surface area contributed by atoms with Crippen LogP contribution in [0.5, 0.6) is 0 Å². The highest BCUT2D eigenvalue weighted by Crippen LogP contribution is 2.23. The maximum absolute atomic E-state index is 12.8. The average Bonchev–Trinajstić information content (AvgIpc) is 3.05. The summed E-state index contributed by atoms with van der Waals surface area (Å²) in [5, 5.41) is 7.53. The Kier molecular flexibility index (Phi) is 5.15. The molecule has 2 aromatic heterocycles. The van der Waals surface area contributed by atoms with Crippen molar-refractivity contribution in [2.45, 2.75) is 23.6 Å². The summed E-state index contributed by atoms with van der Waals surface area (Å²) < 4.78 is 54.6. The Bertz CT molecular complexity index is 1330. The van der Waals surface area contributed by atoms with Crippen LogP contribution in [0.3, 0.4) is 0 Å². The van der Waals surface area contributed by atoms with Gasteiger partial charge in [-0.2, -0.15) is 4.52 Å². The molecule has 0 aliphatic rings. The van der Waals surface area contributed by atoms with Gasteiger partial charge in [0.05, 0.1) is 0 Å². The van der Waals surface area contributed by atoms with Crippen molar-refractivity contribution < 1.29 is 21.6 Å². The van der Waals surface area contributed by atoms with Gasteiger partial charge >= 0.3 is 0 Å². The highest BCUT2D eigenvalue weighted by Gasteiger charge is 2.30. The zero-order valence-corrected chi connectivity index (χ0v) is 17.6. The van der Waals surface area contributed by atoms with Crippen molar-refractivity contribution in [1.82, 2.24) is 28.8 Å². The van der Waals surface area contributed by atoms with Gasteiger partial charge in [0, 0.05) is 25.5 Å². The molecule has 0 fully saturated rings. The molecule has 1 N–H and O–H groups in total. The van der Waals surface area contributed by atoms with E-state index in [1.54, 1.807) is 19.9 Å². The maximum Gasteiger partial charge on any atom is 0.289 e. The third-order valence-corrected chi connectivity index (χ3v) is 7.41. The molecule has 0 aliphatic heterocycles. The lowest BCUT2D eigenvalue weighted by atomic mass is 10.3. The Morgan fingerprint density at radius 3 is 2.31 bits per heavy atom. The largest absolute Gasteiger partial charge is 0.289 e. The summed E-state index contributed by atoms with van der Waals surface area (Å²) in [6, 6.07) is 6.72. The first kappa shape index (κ1) is 20.8. The Labute approximate surface area is 167 Å². The van der Waals surface area contributed by atoms with Crippen molar-refractivity contribution >= 4 is 31.6 Å². The summed E-state index contributed by atoms with van der Waals surface area (Å²) in [7, 11) is -6.05. The SMILES string of the molecule is Cc1cc(C)n2nnc(C(=O)NS(=O)(=O)c3ccccc3S(=O)(=O)N(C)C)c2n1. The third kappa shape index (κ3) is 3.71. The molecule has 1 amide bonds. The molecule has 29 heavy (non-hydrogen) atoms. The van der Waals surface area contributed by atoms with Crippen LogP contribution in [-0.4, -0.2) is 61.0 Å². The summed E-state index contributed by atoms with van der Waals surface area (Å²) in [5.74, 6) is -1.07. The van der Waals surface area contributed by atoms with Crippen LogP contribution in [0, 0.1) is 13.8 Å². The lowest BCUT2D eigenvalue weighted by Crippen LogP contribution is -2.33. The molecular weight excluding hydrogens is 420 g/mol. The van der Waals surface area contributed by atoms with E-state index in [9.17, 15) is 21.6 Å². The van der Waals surface area contributed by atoms with E-state index < -0.39 is 35.7 Å². The molecule has 0 spiro atoms. The quantitative estimate of drug-likeness (QED) is 0.591. The molecule has 0 atom stereocenters. The molecule has 154 valence electrons. The Hall–Kier alpha value is -2.90. The van der Waals surface area contributed by atoms with Gasteiger partial charge in [-0.1, -0.05) is 17.3 Å². The molecule has 11 nitrogen and oxygen atoms in total. The summed E-state index contributed by atoms with van der Waals surface area (Å²) >= 11 is 0. The Morgan fingerprint density at radius 2 is 1.69 bits per heavy atom. The van der Waals surface area contributed by atoms with E-state index in [0.29, 0.717) is 11.4 Å². The second-order valence-electron chi connectivity index (χ2n) is 6.38. The van der Waals surface area contributed by atoms with E-state index in [0.717, 1.165) is 16.4 Å². The molecule has 3 rings (SSSR count). The van der Waals surface area contributed by atoms with Gasteiger partial charge in [0.25, 0.3) is 15.9 Å². The monoisotopic (exact) mass is 438 g/mol.